The van der Waals surface area contributed by atoms with Crippen molar-refractivity contribution in [3.8, 4) is 5.75 Å². The first kappa shape index (κ1) is 34.3. The van der Waals surface area contributed by atoms with E-state index < -0.39 is 11.8 Å². The fourth-order valence-corrected chi connectivity index (χ4v) is 6.13. The second-order valence-corrected chi connectivity index (χ2v) is 12.5. The quantitative estimate of drug-likeness (QED) is 0.111. The molecule has 6 aromatic heterocycles. The van der Waals surface area contributed by atoms with E-state index in [-0.39, 0.29) is 30.7 Å². The molecule has 4 N–H and O–H groups in total. The Kier molecular flexibility index (Phi) is 9.20. The van der Waals surface area contributed by atoms with E-state index in [9.17, 15) is 19.2 Å². The number of ether oxygens (including phenoxy) is 1. The van der Waals surface area contributed by atoms with Gasteiger partial charge in [0.15, 0.2) is 0 Å². The topological polar surface area (TPSA) is 171 Å². The second-order valence-electron chi connectivity index (χ2n) is 12.5. The first-order chi connectivity index (χ1) is 25.5. The molecule has 7 rings (SSSR count). The summed E-state index contributed by atoms with van der Waals surface area (Å²) in [5, 5.41) is 13.1. The molecule has 0 aliphatic rings. The highest BCUT2D eigenvalue weighted by Crippen LogP contribution is 2.29. The molecule has 4 amide bonds. The van der Waals surface area contributed by atoms with Crippen LogP contribution in [0.25, 0.3) is 21.8 Å². The van der Waals surface area contributed by atoms with Gasteiger partial charge in [-0.1, -0.05) is 12.1 Å². The van der Waals surface area contributed by atoms with Gasteiger partial charge in [0, 0.05) is 76.1 Å². The Morgan fingerprint density at radius 2 is 1.17 bits per heavy atom. The number of pyridine rings is 2. The fraction of sp³-hybridized carbons (Fsp3) is 0.158. The highest BCUT2D eigenvalue weighted by molar-refractivity contribution is 6.09. The summed E-state index contributed by atoms with van der Waals surface area (Å²) in [5.74, 6) is -0.848. The van der Waals surface area contributed by atoms with Crippen LogP contribution in [0.4, 0.5) is 17.1 Å². The summed E-state index contributed by atoms with van der Waals surface area (Å²) in [6.07, 6.45) is 10.1. The van der Waals surface area contributed by atoms with Crippen molar-refractivity contribution < 1.29 is 23.9 Å². The van der Waals surface area contributed by atoms with Crippen molar-refractivity contribution in [2.24, 2.45) is 28.2 Å². The molecule has 0 atom stereocenters. The molecule has 0 bridgehead atoms. The molecule has 6 heterocycles. The molecule has 0 radical (unpaired) electrons. The van der Waals surface area contributed by atoms with E-state index in [1.165, 1.54) is 0 Å². The number of carbonyl (C=O) groups excluding carboxylic acids is 4. The summed E-state index contributed by atoms with van der Waals surface area (Å²) in [6, 6.07) is 17.7. The molecular weight excluding hydrogens is 676 g/mol. The average molecular weight is 713 g/mol. The summed E-state index contributed by atoms with van der Waals surface area (Å²) < 4.78 is 12.5. The maximum atomic E-state index is 13.3. The van der Waals surface area contributed by atoms with E-state index in [0.29, 0.717) is 39.9 Å². The Labute approximate surface area is 303 Å². The first-order valence-corrected chi connectivity index (χ1v) is 16.6. The molecule has 0 spiro atoms. The van der Waals surface area contributed by atoms with Crippen LogP contribution in [0.1, 0.15) is 42.0 Å². The summed E-state index contributed by atoms with van der Waals surface area (Å²) in [7, 11) is 6.86. The number of rotatable bonds is 11. The lowest BCUT2D eigenvalue weighted by molar-refractivity contribution is 0.0937. The van der Waals surface area contributed by atoms with Gasteiger partial charge < -0.3 is 44.3 Å². The Balaban J connectivity index is 0.931. The zero-order valence-electron chi connectivity index (χ0n) is 29.4. The van der Waals surface area contributed by atoms with Crippen LogP contribution in [0.2, 0.25) is 0 Å². The first-order valence-electron chi connectivity index (χ1n) is 16.6. The number of anilines is 3. The molecule has 0 fully saturated rings. The van der Waals surface area contributed by atoms with Crippen molar-refractivity contribution >= 4 is 62.5 Å². The van der Waals surface area contributed by atoms with Crippen LogP contribution < -0.4 is 26.0 Å². The zero-order valence-corrected chi connectivity index (χ0v) is 29.4. The minimum absolute atomic E-state index is 0.224. The van der Waals surface area contributed by atoms with Gasteiger partial charge >= 0.3 is 0 Å². The maximum Gasteiger partial charge on any atom is 0.272 e. The SMILES string of the molecule is Cn1cc(NC(=O)c2cc(NC(=O)c3cc(NC(=O)c4cccn4C)cn3C)cn2C)cc1C(=O)NCCOc1ccnc2c1ccc1cccnc12. The number of amides is 4. The third-order valence-electron chi connectivity index (χ3n) is 8.75. The van der Waals surface area contributed by atoms with Crippen LogP contribution in [-0.4, -0.2) is 65.0 Å². The van der Waals surface area contributed by atoms with Gasteiger partial charge in [-0.05, 0) is 48.5 Å². The van der Waals surface area contributed by atoms with Crippen LogP contribution in [0.15, 0.2) is 97.8 Å². The van der Waals surface area contributed by atoms with Crippen molar-refractivity contribution in [2.75, 3.05) is 29.1 Å². The van der Waals surface area contributed by atoms with Gasteiger partial charge in [0.1, 0.15) is 40.6 Å². The Morgan fingerprint density at radius 1 is 0.604 bits per heavy atom. The Morgan fingerprint density at radius 3 is 1.75 bits per heavy atom. The number of hydrogen-bond donors (Lipinski definition) is 4. The minimum atomic E-state index is -0.434. The lowest BCUT2D eigenvalue weighted by Gasteiger charge is -2.11. The molecule has 1 aromatic carbocycles. The smallest absolute Gasteiger partial charge is 0.272 e. The molecule has 0 aliphatic carbocycles. The number of nitrogens with one attached hydrogen (secondary N) is 4. The number of aryl methyl sites for hydroxylation is 4. The molecule has 0 saturated carbocycles. The number of benzene rings is 1. The number of nitrogens with zero attached hydrogens (tertiary/aromatic N) is 6. The van der Waals surface area contributed by atoms with Gasteiger partial charge in [-0.25, -0.2) is 0 Å². The fourth-order valence-electron chi connectivity index (χ4n) is 6.13. The number of aromatic nitrogens is 6. The standard InChI is InChI=1S/C38H36N10O5/c1-45-15-6-8-28(45)36(50)42-25-18-30(47(3)21-25)38(52)44-26-19-31(48(4)22-26)37(51)43-24-17-29(46(2)20-24)35(49)41-14-16-53-32-11-13-40-34-27(32)10-9-23-7-5-12-39-33(23)34/h5-13,15,17-22H,14,16H2,1-4H3,(H,41,49)(H,42,50)(H,43,51)(H,44,52). The number of carbonyl (C=O) groups is 4. The van der Waals surface area contributed by atoms with Gasteiger partial charge in [-0.2, -0.15) is 0 Å². The maximum absolute atomic E-state index is 13.3. The Bertz CT molecular complexity index is 2540. The average Bonchev–Trinajstić information content (AvgIpc) is 3.92. The van der Waals surface area contributed by atoms with Crippen LogP contribution in [0.5, 0.6) is 5.75 Å². The van der Waals surface area contributed by atoms with Crippen LogP contribution in [0.3, 0.4) is 0 Å². The zero-order chi connectivity index (χ0) is 37.2. The third-order valence-corrected chi connectivity index (χ3v) is 8.75. The third kappa shape index (κ3) is 7.08. The van der Waals surface area contributed by atoms with Gasteiger partial charge in [-0.3, -0.25) is 29.1 Å². The summed E-state index contributed by atoms with van der Waals surface area (Å²) in [6.45, 7) is 0.465. The predicted molar refractivity (Wildman–Crippen MR) is 200 cm³/mol. The summed E-state index contributed by atoms with van der Waals surface area (Å²) in [5.41, 5.74) is 4.23. The van der Waals surface area contributed by atoms with Crippen molar-refractivity contribution in [1.82, 2.24) is 33.6 Å². The van der Waals surface area contributed by atoms with Gasteiger partial charge in [-0.15, -0.1) is 0 Å². The number of hydrogen-bond acceptors (Lipinski definition) is 7. The minimum Gasteiger partial charge on any atom is -0.491 e. The van der Waals surface area contributed by atoms with E-state index in [0.717, 1.165) is 21.8 Å². The second kappa shape index (κ2) is 14.2. The highest BCUT2D eigenvalue weighted by Gasteiger charge is 2.19. The monoisotopic (exact) mass is 712 g/mol. The van der Waals surface area contributed by atoms with E-state index in [1.807, 2.05) is 24.3 Å². The molecule has 0 unspecified atom stereocenters. The molecule has 0 aliphatic heterocycles. The van der Waals surface area contributed by atoms with E-state index in [2.05, 4.69) is 31.2 Å². The highest BCUT2D eigenvalue weighted by atomic mass is 16.5. The molecule has 0 saturated heterocycles. The van der Waals surface area contributed by atoms with Crippen LogP contribution in [0, 0.1) is 0 Å². The molecular formula is C38H36N10O5. The summed E-state index contributed by atoms with van der Waals surface area (Å²) >= 11 is 0. The van der Waals surface area contributed by atoms with Crippen molar-refractivity contribution in [2.45, 2.75) is 0 Å². The van der Waals surface area contributed by atoms with Crippen LogP contribution in [-0.2, 0) is 28.2 Å². The molecule has 53 heavy (non-hydrogen) atoms. The normalized spacial score (nSPS) is 11.1. The largest absolute Gasteiger partial charge is 0.491 e. The van der Waals surface area contributed by atoms with Gasteiger partial charge in [0.05, 0.1) is 29.1 Å². The lowest BCUT2D eigenvalue weighted by Crippen LogP contribution is -2.29. The molecule has 7 aromatic rings. The van der Waals surface area contributed by atoms with E-state index in [4.69, 9.17) is 4.74 Å². The van der Waals surface area contributed by atoms with Crippen molar-refractivity contribution in [3.63, 3.8) is 0 Å². The Hall–Kier alpha value is -7.16. The van der Waals surface area contributed by atoms with E-state index >= 15 is 0 Å². The predicted octanol–water partition coefficient (Wildman–Crippen LogP) is 4.70. The van der Waals surface area contributed by atoms with E-state index in [1.54, 1.807) is 120 Å². The van der Waals surface area contributed by atoms with Crippen molar-refractivity contribution in [3.05, 3.63) is 121 Å². The summed E-state index contributed by atoms with van der Waals surface area (Å²) in [4.78, 5) is 61.0. The lowest BCUT2D eigenvalue weighted by atomic mass is 10.1. The van der Waals surface area contributed by atoms with Crippen molar-refractivity contribution in [1.29, 1.82) is 0 Å². The van der Waals surface area contributed by atoms with Gasteiger partial charge in [0.2, 0.25) is 0 Å². The molecule has 15 nitrogen and oxygen atoms in total. The van der Waals surface area contributed by atoms with Crippen LogP contribution >= 0.6 is 0 Å². The number of fused-ring (bicyclic) bond motifs is 3. The molecule has 268 valence electrons. The molecule has 15 heteroatoms. The van der Waals surface area contributed by atoms with Gasteiger partial charge in [0.25, 0.3) is 23.6 Å².